The first-order chi connectivity index (χ1) is 14.5. The van der Waals surface area contributed by atoms with Crippen molar-refractivity contribution in [3.63, 3.8) is 0 Å². The Kier molecular flexibility index (Phi) is 5.30. The molecule has 0 aliphatic rings. The highest BCUT2D eigenvalue weighted by molar-refractivity contribution is 5.87. The maximum absolute atomic E-state index is 12.4. The molecule has 0 bridgehead atoms. The van der Waals surface area contributed by atoms with Crippen LogP contribution in [0.2, 0.25) is 0 Å². The number of benzene rings is 1. The lowest BCUT2D eigenvalue weighted by atomic mass is 10.2. The molecule has 0 saturated carbocycles. The largest absolute Gasteiger partial charge is 0.467 e. The van der Waals surface area contributed by atoms with E-state index in [-0.39, 0.29) is 12.3 Å². The molecule has 8 nitrogen and oxygen atoms in total. The molecule has 8 heteroatoms. The van der Waals surface area contributed by atoms with Gasteiger partial charge in [-0.25, -0.2) is 4.79 Å². The third kappa shape index (κ3) is 3.93. The zero-order valence-electron chi connectivity index (χ0n) is 16.6. The topological polar surface area (TPSA) is 92.2 Å². The highest BCUT2D eigenvalue weighted by Gasteiger charge is 2.10. The van der Waals surface area contributed by atoms with Gasteiger partial charge in [0.1, 0.15) is 11.3 Å². The van der Waals surface area contributed by atoms with E-state index in [4.69, 9.17) is 9.15 Å². The standard InChI is InChI=1S/C22H20N4O4/c1-15-12-17(16(2)25(15)13-18-6-5-11-29-18)9-10-21(27)30-14-26-22(28)19-7-3-4-8-20(19)23-24-26/h3-12H,13-14H2,1-2H3/b10-9+. The average Bonchev–Trinajstić information content (AvgIpc) is 3.36. The van der Waals surface area contributed by atoms with Gasteiger partial charge < -0.3 is 13.7 Å². The predicted octanol–water partition coefficient (Wildman–Crippen LogP) is 3.07. The van der Waals surface area contributed by atoms with Crippen LogP contribution >= 0.6 is 0 Å². The molecule has 1 aromatic carbocycles. The maximum atomic E-state index is 12.4. The van der Waals surface area contributed by atoms with Gasteiger partial charge in [0.05, 0.1) is 18.2 Å². The summed E-state index contributed by atoms with van der Waals surface area (Å²) < 4.78 is 13.7. The second-order valence-corrected chi connectivity index (χ2v) is 6.83. The normalized spacial score (nSPS) is 11.4. The molecule has 0 N–H and O–H groups in total. The number of aromatic nitrogens is 4. The molecule has 0 fully saturated rings. The lowest BCUT2D eigenvalue weighted by molar-refractivity contribution is -0.141. The molecule has 0 amide bonds. The van der Waals surface area contributed by atoms with Crippen molar-refractivity contribution < 1.29 is 13.9 Å². The van der Waals surface area contributed by atoms with E-state index in [1.165, 1.54) is 6.08 Å². The molecular weight excluding hydrogens is 384 g/mol. The van der Waals surface area contributed by atoms with E-state index < -0.39 is 5.97 Å². The van der Waals surface area contributed by atoms with E-state index in [0.717, 1.165) is 27.4 Å². The minimum atomic E-state index is -0.576. The van der Waals surface area contributed by atoms with Gasteiger partial charge in [0.2, 0.25) is 0 Å². The fourth-order valence-electron chi connectivity index (χ4n) is 3.24. The van der Waals surface area contributed by atoms with E-state index in [1.54, 1.807) is 36.6 Å². The van der Waals surface area contributed by atoms with Gasteiger partial charge in [-0.05, 0) is 55.8 Å². The molecule has 4 rings (SSSR count). The summed E-state index contributed by atoms with van der Waals surface area (Å²) in [4.78, 5) is 24.5. The minimum Gasteiger partial charge on any atom is -0.467 e. The maximum Gasteiger partial charge on any atom is 0.332 e. The highest BCUT2D eigenvalue weighted by atomic mass is 16.5. The number of carbonyl (C=O) groups excluding carboxylic acids is 1. The van der Waals surface area contributed by atoms with Crippen molar-refractivity contribution in [2.75, 3.05) is 0 Å². The lowest BCUT2D eigenvalue weighted by Gasteiger charge is -2.07. The summed E-state index contributed by atoms with van der Waals surface area (Å²) in [5.74, 6) is 0.279. The van der Waals surface area contributed by atoms with Crippen molar-refractivity contribution in [2.24, 2.45) is 0 Å². The Morgan fingerprint density at radius 2 is 2.03 bits per heavy atom. The summed E-state index contributed by atoms with van der Waals surface area (Å²) >= 11 is 0. The first kappa shape index (κ1) is 19.4. The fourth-order valence-corrected chi connectivity index (χ4v) is 3.24. The van der Waals surface area contributed by atoms with Crippen molar-refractivity contribution in [1.29, 1.82) is 0 Å². The Bertz CT molecular complexity index is 1280. The number of nitrogens with zero attached hydrogens (tertiary/aromatic N) is 4. The van der Waals surface area contributed by atoms with Crippen LogP contribution in [0.5, 0.6) is 0 Å². The summed E-state index contributed by atoms with van der Waals surface area (Å²) in [6, 6.07) is 12.6. The highest BCUT2D eigenvalue weighted by Crippen LogP contribution is 2.18. The Balaban J connectivity index is 1.43. The van der Waals surface area contributed by atoms with Crippen molar-refractivity contribution in [1.82, 2.24) is 19.6 Å². The molecular formula is C22H20N4O4. The van der Waals surface area contributed by atoms with Crippen LogP contribution in [0.25, 0.3) is 17.0 Å². The second kappa shape index (κ2) is 8.20. The quantitative estimate of drug-likeness (QED) is 0.362. The number of fused-ring (bicyclic) bond motifs is 1. The Morgan fingerprint density at radius 1 is 1.20 bits per heavy atom. The van der Waals surface area contributed by atoms with Gasteiger partial charge in [0.25, 0.3) is 5.56 Å². The van der Waals surface area contributed by atoms with Gasteiger partial charge in [-0.1, -0.05) is 17.3 Å². The van der Waals surface area contributed by atoms with Crippen molar-refractivity contribution in [3.8, 4) is 0 Å². The number of furan rings is 1. The number of aryl methyl sites for hydroxylation is 1. The van der Waals surface area contributed by atoms with Crippen molar-refractivity contribution >= 4 is 22.9 Å². The van der Waals surface area contributed by atoms with Gasteiger partial charge in [-0.15, -0.1) is 5.10 Å². The van der Waals surface area contributed by atoms with Crippen LogP contribution in [0.4, 0.5) is 0 Å². The van der Waals surface area contributed by atoms with Crippen LogP contribution in [0.3, 0.4) is 0 Å². The van der Waals surface area contributed by atoms with Crippen molar-refractivity contribution in [2.45, 2.75) is 27.1 Å². The van der Waals surface area contributed by atoms with Crippen LogP contribution in [0, 0.1) is 13.8 Å². The van der Waals surface area contributed by atoms with E-state index in [9.17, 15) is 9.59 Å². The molecule has 0 atom stereocenters. The number of ether oxygens (including phenoxy) is 1. The Morgan fingerprint density at radius 3 is 2.83 bits per heavy atom. The third-order valence-electron chi connectivity index (χ3n) is 4.86. The summed E-state index contributed by atoms with van der Waals surface area (Å²) in [6.07, 6.45) is 4.67. The Labute approximate surface area is 172 Å². The number of hydrogen-bond acceptors (Lipinski definition) is 6. The molecule has 3 aromatic heterocycles. The molecule has 0 aliphatic carbocycles. The number of hydrogen-bond donors (Lipinski definition) is 0. The SMILES string of the molecule is Cc1cc(/C=C/C(=O)OCn2nnc3ccccc3c2=O)c(C)n1Cc1ccco1. The Hall–Kier alpha value is -3.94. The van der Waals surface area contributed by atoms with E-state index in [2.05, 4.69) is 14.9 Å². The van der Waals surface area contributed by atoms with Crippen molar-refractivity contribution in [3.05, 3.63) is 87.9 Å². The van der Waals surface area contributed by atoms with Gasteiger partial charge in [-0.3, -0.25) is 4.79 Å². The molecule has 30 heavy (non-hydrogen) atoms. The molecule has 152 valence electrons. The summed E-state index contributed by atoms with van der Waals surface area (Å²) in [7, 11) is 0. The predicted molar refractivity (Wildman–Crippen MR) is 111 cm³/mol. The monoisotopic (exact) mass is 404 g/mol. The fraction of sp³-hybridized carbons (Fsp3) is 0.182. The van der Waals surface area contributed by atoms with Gasteiger partial charge in [0.15, 0.2) is 6.73 Å². The third-order valence-corrected chi connectivity index (χ3v) is 4.86. The van der Waals surface area contributed by atoms with Gasteiger partial charge in [-0.2, -0.15) is 4.68 Å². The molecule has 0 aliphatic heterocycles. The van der Waals surface area contributed by atoms with Crippen LogP contribution < -0.4 is 5.56 Å². The molecule has 0 spiro atoms. The zero-order valence-corrected chi connectivity index (χ0v) is 16.6. The minimum absolute atomic E-state index is 0.308. The van der Waals surface area contributed by atoms with Crippen LogP contribution in [-0.4, -0.2) is 25.5 Å². The zero-order chi connectivity index (χ0) is 21.1. The molecule has 0 saturated heterocycles. The smallest absolute Gasteiger partial charge is 0.332 e. The molecule has 0 radical (unpaired) electrons. The van der Waals surface area contributed by atoms with Gasteiger partial charge in [0, 0.05) is 17.5 Å². The lowest BCUT2D eigenvalue weighted by Crippen LogP contribution is -2.26. The molecule has 0 unspecified atom stereocenters. The van der Waals surface area contributed by atoms with Crippen LogP contribution in [0.15, 0.2) is 64.0 Å². The number of rotatable bonds is 6. The van der Waals surface area contributed by atoms with E-state index in [1.807, 2.05) is 32.0 Å². The first-order valence-electron chi connectivity index (χ1n) is 9.39. The molecule has 4 aromatic rings. The number of carbonyl (C=O) groups is 1. The summed E-state index contributed by atoms with van der Waals surface area (Å²) in [5.41, 5.74) is 3.09. The van der Waals surface area contributed by atoms with Crippen LogP contribution in [-0.2, 0) is 22.8 Å². The molecule has 3 heterocycles. The summed E-state index contributed by atoms with van der Waals surface area (Å²) in [6.45, 7) is 4.28. The summed E-state index contributed by atoms with van der Waals surface area (Å²) in [5, 5.41) is 8.18. The van der Waals surface area contributed by atoms with Crippen LogP contribution in [0.1, 0.15) is 22.7 Å². The first-order valence-corrected chi connectivity index (χ1v) is 9.39. The van der Waals surface area contributed by atoms with E-state index >= 15 is 0 Å². The second-order valence-electron chi connectivity index (χ2n) is 6.83. The van der Waals surface area contributed by atoms with Gasteiger partial charge >= 0.3 is 5.97 Å². The average molecular weight is 404 g/mol. The number of esters is 1. The van der Waals surface area contributed by atoms with E-state index in [0.29, 0.717) is 17.4 Å².